The Balaban J connectivity index is 1.48. The van der Waals surface area contributed by atoms with Crippen LogP contribution in [0.1, 0.15) is 23.1 Å². The minimum atomic E-state index is -0.323. The lowest BCUT2D eigenvalue weighted by atomic mass is 10.2. The molecule has 2 aliphatic heterocycles. The fourth-order valence-electron chi connectivity index (χ4n) is 3.35. The molecule has 4 rings (SSSR count). The van der Waals surface area contributed by atoms with E-state index in [0.29, 0.717) is 68.2 Å². The second-order valence-corrected chi connectivity index (χ2v) is 7.00. The number of fused-ring (bicyclic) bond motifs is 1. The number of piperazine rings is 1. The van der Waals surface area contributed by atoms with Gasteiger partial charge in [0.15, 0.2) is 11.5 Å². The monoisotopic (exact) mass is 397 g/mol. The Hall–Kier alpha value is -3.36. The van der Waals surface area contributed by atoms with Crippen molar-refractivity contribution in [3.05, 3.63) is 35.7 Å². The van der Waals surface area contributed by atoms with E-state index >= 15 is 0 Å². The predicted octanol–water partition coefficient (Wildman–Crippen LogP) is 1.48. The second kappa shape index (κ2) is 7.94. The van der Waals surface area contributed by atoms with Gasteiger partial charge in [0.25, 0.3) is 5.91 Å². The smallest absolute Gasteiger partial charge is 0.274 e. The van der Waals surface area contributed by atoms with Crippen LogP contribution in [0.2, 0.25) is 0 Å². The molecule has 9 heteroatoms. The third-order valence-electron chi connectivity index (χ3n) is 4.88. The molecule has 0 atom stereocenters. The quantitative estimate of drug-likeness (QED) is 0.838. The van der Waals surface area contributed by atoms with E-state index in [0.717, 1.165) is 0 Å². The molecular weight excluding hydrogens is 374 g/mol. The maximum absolute atomic E-state index is 12.8. The summed E-state index contributed by atoms with van der Waals surface area (Å²) < 4.78 is 11.1. The SMILES string of the molecule is CC(=O)N1CCN(c2nc(C)cc(C(=O)Nc3ccc4c(c3)OCCO4)n2)CC1. The van der Waals surface area contributed by atoms with E-state index in [1.807, 2.05) is 11.8 Å². The highest BCUT2D eigenvalue weighted by atomic mass is 16.6. The van der Waals surface area contributed by atoms with E-state index in [4.69, 9.17) is 9.47 Å². The molecule has 29 heavy (non-hydrogen) atoms. The zero-order valence-electron chi connectivity index (χ0n) is 16.5. The molecule has 0 saturated carbocycles. The number of aromatic nitrogens is 2. The molecule has 9 nitrogen and oxygen atoms in total. The summed E-state index contributed by atoms with van der Waals surface area (Å²) in [5, 5.41) is 2.85. The van der Waals surface area contributed by atoms with Crippen molar-refractivity contribution in [3.8, 4) is 11.5 Å². The number of nitrogens with one attached hydrogen (secondary N) is 1. The minimum Gasteiger partial charge on any atom is -0.486 e. The van der Waals surface area contributed by atoms with Gasteiger partial charge in [-0.1, -0.05) is 0 Å². The van der Waals surface area contributed by atoms with Crippen LogP contribution in [0.4, 0.5) is 11.6 Å². The fourth-order valence-corrected chi connectivity index (χ4v) is 3.35. The van der Waals surface area contributed by atoms with Crippen LogP contribution in [0.25, 0.3) is 0 Å². The van der Waals surface area contributed by atoms with Crippen molar-refractivity contribution in [2.24, 2.45) is 0 Å². The summed E-state index contributed by atoms with van der Waals surface area (Å²) in [4.78, 5) is 37.0. The van der Waals surface area contributed by atoms with Gasteiger partial charge in [0.05, 0.1) is 0 Å². The van der Waals surface area contributed by atoms with Crippen molar-refractivity contribution in [3.63, 3.8) is 0 Å². The molecule has 1 fully saturated rings. The van der Waals surface area contributed by atoms with Crippen LogP contribution >= 0.6 is 0 Å². The number of benzene rings is 1. The number of carbonyl (C=O) groups excluding carboxylic acids is 2. The van der Waals surface area contributed by atoms with Gasteiger partial charge in [0.2, 0.25) is 11.9 Å². The van der Waals surface area contributed by atoms with Gasteiger partial charge >= 0.3 is 0 Å². The minimum absolute atomic E-state index is 0.0642. The summed E-state index contributed by atoms with van der Waals surface area (Å²) >= 11 is 0. The molecule has 0 spiro atoms. The van der Waals surface area contributed by atoms with Crippen LogP contribution in [-0.2, 0) is 4.79 Å². The molecule has 2 amide bonds. The third-order valence-corrected chi connectivity index (χ3v) is 4.88. The molecule has 0 bridgehead atoms. The maximum atomic E-state index is 12.8. The summed E-state index contributed by atoms with van der Waals surface area (Å²) in [5.41, 5.74) is 1.60. The van der Waals surface area contributed by atoms with E-state index in [-0.39, 0.29) is 17.5 Å². The van der Waals surface area contributed by atoms with Crippen molar-refractivity contribution in [1.82, 2.24) is 14.9 Å². The molecule has 3 heterocycles. The number of hydrogen-bond donors (Lipinski definition) is 1. The van der Waals surface area contributed by atoms with Gasteiger partial charge in [-0.2, -0.15) is 0 Å². The van der Waals surface area contributed by atoms with E-state index in [1.165, 1.54) is 0 Å². The topological polar surface area (TPSA) is 96.9 Å². The van der Waals surface area contributed by atoms with E-state index < -0.39 is 0 Å². The highest BCUT2D eigenvalue weighted by Gasteiger charge is 2.22. The highest BCUT2D eigenvalue weighted by molar-refractivity contribution is 6.03. The molecule has 1 aromatic carbocycles. The molecule has 152 valence electrons. The number of carbonyl (C=O) groups is 2. The average molecular weight is 397 g/mol. The van der Waals surface area contributed by atoms with Gasteiger partial charge < -0.3 is 24.6 Å². The van der Waals surface area contributed by atoms with Crippen LogP contribution in [0.15, 0.2) is 24.3 Å². The summed E-state index contributed by atoms with van der Waals surface area (Å²) in [5.74, 6) is 1.52. The predicted molar refractivity (Wildman–Crippen MR) is 107 cm³/mol. The molecule has 0 unspecified atom stereocenters. The van der Waals surface area contributed by atoms with Crippen molar-refractivity contribution in [1.29, 1.82) is 0 Å². The van der Waals surface area contributed by atoms with Crippen LogP contribution < -0.4 is 19.7 Å². The zero-order valence-corrected chi connectivity index (χ0v) is 16.5. The van der Waals surface area contributed by atoms with Crippen molar-refractivity contribution >= 4 is 23.5 Å². The largest absolute Gasteiger partial charge is 0.486 e. The summed E-state index contributed by atoms with van der Waals surface area (Å²) in [7, 11) is 0. The second-order valence-electron chi connectivity index (χ2n) is 7.00. The van der Waals surface area contributed by atoms with Gasteiger partial charge in [-0.3, -0.25) is 9.59 Å². The number of rotatable bonds is 3. The van der Waals surface area contributed by atoms with Crippen molar-refractivity contribution < 1.29 is 19.1 Å². The molecule has 0 radical (unpaired) electrons. The summed E-state index contributed by atoms with van der Waals surface area (Å²) in [6.07, 6.45) is 0. The van der Waals surface area contributed by atoms with E-state index in [9.17, 15) is 9.59 Å². The fraction of sp³-hybridized carbons (Fsp3) is 0.400. The van der Waals surface area contributed by atoms with Crippen molar-refractivity contribution in [2.75, 3.05) is 49.6 Å². The maximum Gasteiger partial charge on any atom is 0.274 e. The van der Waals surface area contributed by atoms with E-state index in [1.54, 1.807) is 36.1 Å². The van der Waals surface area contributed by atoms with Crippen LogP contribution in [0.3, 0.4) is 0 Å². The molecule has 1 N–H and O–H groups in total. The number of ether oxygens (including phenoxy) is 2. The third kappa shape index (κ3) is 4.23. The van der Waals surface area contributed by atoms with Gasteiger partial charge in [-0.05, 0) is 25.1 Å². The first kappa shape index (κ1) is 19.0. The normalized spacial score (nSPS) is 15.8. The lowest BCUT2D eigenvalue weighted by Crippen LogP contribution is -2.48. The lowest BCUT2D eigenvalue weighted by Gasteiger charge is -2.34. The Bertz CT molecular complexity index is 940. The number of anilines is 2. The average Bonchev–Trinajstić information content (AvgIpc) is 2.73. The molecule has 0 aliphatic carbocycles. The van der Waals surface area contributed by atoms with Crippen LogP contribution in [0.5, 0.6) is 11.5 Å². The highest BCUT2D eigenvalue weighted by Crippen LogP contribution is 2.32. The Labute approximate surface area is 168 Å². The number of aryl methyl sites for hydroxylation is 1. The lowest BCUT2D eigenvalue weighted by molar-refractivity contribution is -0.129. The van der Waals surface area contributed by atoms with Crippen LogP contribution in [0, 0.1) is 6.92 Å². The first-order chi connectivity index (χ1) is 14.0. The zero-order chi connectivity index (χ0) is 20.4. The number of amides is 2. The van der Waals surface area contributed by atoms with Crippen molar-refractivity contribution in [2.45, 2.75) is 13.8 Å². The Kier molecular flexibility index (Phi) is 5.20. The summed E-state index contributed by atoms with van der Waals surface area (Å²) in [6.45, 7) is 6.89. The standard InChI is InChI=1S/C20H23N5O4/c1-13-11-16(23-20(21-13)25-7-5-24(6-8-25)14(2)26)19(27)22-15-3-4-17-18(12-15)29-10-9-28-17/h3-4,11-12H,5-10H2,1-2H3,(H,22,27). The van der Waals surface area contributed by atoms with Gasteiger partial charge in [0, 0.05) is 50.6 Å². The first-order valence-corrected chi connectivity index (χ1v) is 9.57. The molecule has 1 saturated heterocycles. The van der Waals surface area contributed by atoms with Crippen LogP contribution in [-0.4, -0.2) is 66.1 Å². The Morgan fingerprint density at radius 1 is 1.00 bits per heavy atom. The molecule has 1 aromatic heterocycles. The number of nitrogens with zero attached hydrogens (tertiary/aromatic N) is 4. The van der Waals surface area contributed by atoms with E-state index in [2.05, 4.69) is 15.3 Å². The Morgan fingerprint density at radius 2 is 1.72 bits per heavy atom. The summed E-state index contributed by atoms with van der Waals surface area (Å²) in [6, 6.07) is 6.93. The first-order valence-electron chi connectivity index (χ1n) is 9.57. The van der Waals surface area contributed by atoms with Gasteiger partial charge in [-0.15, -0.1) is 0 Å². The molecule has 2 aromatic rings. The molecular formula is C20H23N5O4. The molecule has 2 aliphatic rings. The van der Waals surface area contributed by atoms with Gasteiger partial charge in [-0.25, -0.2) is 9.97 Å². The van der Waals surface area contributed by atoms with Gasteiger partial charge in [0.1, 0.15) is 18.9 Å². The Morgan fingerprint density at radius 3 is 2.45 bits per heavy atom. The number of hydrogen-bond acceptors (Lipinski definition) is 7.